The molecule has 0 aliphatic carbocycles. The second kappa shape index (κ2) is 6.89. The quantitative estimate of drug-likeness (QED) is 0.572. The molecule has 0 aliphatic heterocycles. The van der Waals surface area contributed by atoms with Gasteiger partial charge in [-0.05, 0) is 42.6 Å². The summed E-state index contributed by atoms with van der Waals surface area (Å²) in [5.74, 6) is 1.90. The SMILES string of the molecule is COc1ccccc1/C=C/C=N\n1c(-c2ccco2)n[nH]c1=S. The van der Waals surface area contributed by atoms with Gasteiger partial charge >= 0.3 is 0 Å². The molecule has 0 bridgehead atoms. The van der Waals surface area contributed by atoms with Crippen LogP contribution in [0.2, 0.25) is 0 Å². The van der Waals surface area contributed by atoms with Crippen molar-refractivity contribution in [2.24, 2.45) is 5.10 Å². The Hall–Kier alpha value is -2.93. The molecule has 1 N–H and O–H groups in total. The Kier molecular flexibility index (Phi) is 4.49. The van der Waals surface area contributed by atoms with Crippen molar-refractivity contribution in [3.63, 3.8) is 0 Å². The number of aromatic nitrogens is 3. The van der Waals surface area contributed by atoms with Gasteiger partial charge < -0.3 is 9.15 Å². The Morgan fingerprint density at radius 2 is 2.17 bits per heavy atom. The Bertz CT molecular complexity index is 891. The smallest absolute Gasteiger partial charge is 0.219 e. The molecule has 0 atom stereocenters. The highest BCUT2D eigenvalue weighted by Gasteiger charge is 2.09. The van der Waals surface area contributed by atoms with Crippen LogP contribution in [0.4, 0.5) is 0 Å². The van der Waals surface area contributed by atoms with Gasteiger partial charge in [-0.2, -0.15) is 9.78 Å². The number of furan rings is 1. The summed E-state index contributed by atoms with van der Waals surface area (Å²) in [6.07, 6.45) is 6.91. The number of nitrogens with one attached hydrogen (secondary N) is 1. The lowest BCUT2D eigenvalue weighted by atomic mass is 10.2. The molecule has 0 saturated heterocycles. The number of hydrogen-bond acceptors (Lipinski definition) is 5. The first-order chi connectivity index (χ1) is 11.3. The van der Waals surface area contributed by atoms with Crippen molar-refractivity contribution in [1.29, 1.82) is 0 Å². The maximum Gasteiger partial charge on any atom is 0.219 e. The summed E-state index contributed by atoms with van der Waals surface area (Å²) in [6.45, 7) is 0. The molecule has 0 fully saturated rings. The molecule has 7 heteroatoms. The number of ether oxygens (including phenoxy) is 1. The minimum atomic E-state index is 0.387. The average Bonchev–Trinajstić information content (AvgIpc) is 3.22. The minimum absolute atomic E-state index is 0.387. The zero-order chi connectivity index (χ0) is 16.1. The fourth-order valence-electron chi connectivity index (χ4n) is 2.02. The van der Waals surface area contributed by atoms with Crippen molar-refractivity contribution < 1.29 is 9.15 Å². The van der Waals surface area contributed by atoms with Gasteiger partial charge in [-0.1, -0.05) is 18.2 Å². The lowest BCUT2D eigenvalue weighted by Gasteiger charge is -2.02. The van der Waals surface area contributed by atoms with Crippen LogP contribution in [0.25, 0.3) is 17.7 Å². The maximum absolute atomic E-state index is 5.32. The molecule has 1 aromatic carbocycles. The summed E-state index contributed by atoms with van der Waals surface area (Å²) in [5, 5.41) is 11.1. The maximum atomic E-state index is 5.32. The van der Waals surface area contributed by atoms with Gasteiger partial charge in [0, 0.05) is 11.8 Å². The number of nitrogens with zero attached hydrogens (tertiary/aromatic N) is 3. The number of methoxy groups -OCH3 is 1. The molecular formula is C16H14N4O2S. The van der Waals surface area contributed by atoms with Gasteiger partial charge in [0.25, 0.3) is 0 Å². The Labute approximate surface area is 137 Å². The first-order valence-corrected chi connectivity index (χ1v) is 7.26. The van der Waals surface area contributed by atoms with Gasteiger partial charge in [-0.3, -0.25) is 0 Å². The fourth-order valence-corrected chi connectivity index (χ4v) is 2.20. The first-order valence-electron chi connectivity index (χ1n) is 6.85. The average molecular weight is 326 g/mol. The van der Waals surface area contributed by atoms with Gasteiger partial charge in [0.2, 0.25) is 10.6 Å². The fraction of sp³-hybridized carbons (Fsp3) is 0.0625. The summed E-state index contributed by atoms with van der Waals surface area (Å²) in [5.41, 5.74) is 0.962. The highest BCUT2D eigenvalue weighted by Crippen LogP contribution is 2.19. The van der Waals surface area contributed by atoms with E-state index < -0.39 is 0 Å². The van der Waals surface area contributed by atoms with Crippen LogP contribution < -0.4 is 4.74 Å². The van der Waals surface area contributed by atoms with Crippen LogP contribution >= 0.6 is 12.2 Å². The largest absolute Gasteiger partial charge is 0.496 e. The van der Waals surface area contributed by atoms with Crippen LogP contribution in [0.3, 0.4) is 0 Å². The van der Waals surface area contributed by atoms with Crippen LogP contribution in [0.15, 0.2) is 58.3 Å². The van der Waals surface area contributed by atoms with Crippen molar-refractivity contribution >= 4 is 24.5 Å². The molecule has 0 unspecified atom stereocenters. The molecule has 3 rings (SSSR count). The van der Waals surface area contributed by atoms with Crippen molar-refractivity contribution in [3.05, 3.63) is 59.1 Å². The number of hydrogen-bond donors (Lipinski definition) is 1. The summed E-state index contributed by atoms with van der Waals surface area (Å²) in [6, 6.07) is 11.3. The molecular weight excluding hydrogens is 312 g/mol. The molecule has 2 heterocycles. The normalized spacial score (nSPS) is 11.5. The number of H-pyrrole nitrogens is 1. The number of allylic oxidation sites excluding steroid dienone is 1. The Morgan fingerprint density at radius 1 is 1.30 bits per heavy atom. The van der Waals surface area contributed by atoms with Crippen molar-refractivity contribution in [2.45, 2.75) is 0 Å². The molecule has 116 valence electrons. The Morgan fingerprint density at radius 3 is 2.96 bits per heavy atom. The second-order valence-electron chi connectivity index (χ2n) is 4.51. The van der Waals surface area contributed by atoms with Gasteiger partial charge in [-0.25, -0.2) is 5.10 Å². The van der Waals surface area contributed by atoms with Crippen LogP contribution in [0.1, 0.15) is 5.56 Å². The van der Waals surface area contributed by atoms with Gasteiger partial charge in [0.15, 0.2) is 5.76 Å². The highest BCUT2D eigenvalue weighted by atomic mass is 32.1. The zero-order valence-corrected chi connectivity index (χ0v) is 13.2. The highest BCUT2D eigenvalue weighted by molar-refractivity contribution is 7.71. The lowest BCUT2D eigenvalue weighted by Crippen LogP contribution is -1.92. The van der Waals surface area contributed by atoms with E-state index in [1.165, 1.54) is 4.68 Å². The Balaban J connectivity index is 1.83. The van der Waals surface area contributed by atoms with Crippen molar-refractivity contribution in [2.75, 3.05) is 7.11 Å². The molecule has 3 aromatic rings. The van der Waals surface area contributed by atoms with Crippen LogP contribution in [0.5, 0.6) is 5.75 Å². The van der Waals surface area contributed by atoms with Crippen LogP contribution in [-0.2, 0) is 0 Å². The summed E-state index contributed by atoms with van der Waals surface area (Å²) >= 11 is 5.17. The van der Waals surface area contributed by atoms with E-state index in [0.717, 1.165) is 11.3 Å². The second-order valence-corrected chi connectivity index (χ2v) is 4.89. The molecule has 6 nitrogen and oxygen atoms in total. The third-order valence-electron chi connectivity index (χ3n) is 3.07. The first kappa shape index (κ1) is 15.0. The van der Waals surface area contributed by atoms with E-state index in [0.29, 0.717) is 16.4 Å². The minimum Gasteiger partial charge on any atom is -0.496 e. The van der Waals surface area contributed by atoms with Gasteiger partial charge in [0.1, 0.15) is 5.75 Å². The zero-order valence-electron chi connectivity index (χ0n) is 12.3. The van der Waals surface area contributed by atoms with E-state index >= 15 is 0 Å². The molecule has 0 saturated carbocycles. The number of para-hydroxylation sites is 1. The predicted octanol–water partition coefficient (Wildman–Crippen LogP) is 3.76. The molecule has 0 amide bonds. The van der Waals surface area contributed by atoms with Crippen molar-refractivity contribution in [1.82, 2.24) is 14.9 Å². The molecule has 0 spiro atoms. The van der Waals surface area contributed by atoms with E-state index in [9.17, 15) is 0 Å². The van der Waals surface area contributed by atoms with E-state index in [-0.39, 0.29) is 0 Å². The van der Waals surface area contributed by atoms with Gasteiger partial charge in [-0.15, -0.1) is 5.10 Å². The lowest BCUT2D eigenvalue weighted by molar-refractivity contribution is 0.414. The van der Waals surface area contributed by atoms with E-state index in [2.05, 4.69) is 15.3 Å². The summed E-state index contributed by atoms with van der Waals surface area (Å²) in [4.78, 5) is 0. The van der Waals surface area contributed by atoms with E-state index in [1.54, 1.807) is 37.8 Å². The number of rotatable bonds is 5. The van der Waals surface area contributed by atoms with Crippen molar-refractivity contribution in [3.8, 4) is 17.3 Å². The topological polar surface area (TPSA) is 68.3 Å². The molecule has 23 heavy (non-hydrogen) atoms. The third-order valence-corrected chi connectivity index (χ3v) is 3.34. The number of benzene rings is 1. The predicted molar refractivity (Wildman–Crippen MR) is 91.0 cm³/mol. The standard InChI is InChI=1S/C16H14N4O2S/c1-21-13-8-3-2-6-12(13)7-4-10-17-20-15(18-19-16(20)23)14-9-5-11-22-14/h2-11H,1H3,(H,19,23)/b7-4+,17-10-. The van der Waals surface area contributed by atoms with E-state index in [4.69, 9.17) is 21.4 Å². The molecule has 0 radical (unpaired) electrons. The summed E-state index contributed by atoms with van der Waals surface area (Å²) in [7, 11) is 1.64. The summed E-state index contributed by atoms with van der Waals surface area (Å²) < 4.78 is 12.5. The third kappa shape index (κ3) is 3.29. The molecule has 2 aromatic heterocycles. The van der Waals surface area contributed by atoms with Crippen LogP contribution in [-0.4, -0.2) is 28.2 Å². The number of aromatic amines is 1. The van der Waals surface area contributed by atoms with E-state index in [1.807, 2.05) is 30.3 Å². The van der Waals surface area contributed by atoms with Crippen LogP contribution in [0, 0.1) is 4.77 Å². The monoisotopic (exact) mass is 326 g/mol. The molecule has 0 aliphatic rings. The van der Waals surface area contributed by atoms with Gasteiger partial charge in [0.05, 0.1) is 13.4 Å².